The van der Waals surface area contributed by atoms with Crippen molar-refractivity contribution in [1.82, 2.24) is 14.1 Å². The van der Waals surface area contributed by atoms with Crippen LogP contribution in [0.3, 0.4) is 0 Å². The molecule has 4 aromatic heterocycles. The fourth-order valence-electron chi connectivity index (χ4n) is 10.5. The lowest BCUT2D eigenvalue weighted by molar-refractivity contribution is 1.08. The first kappa shape index (κ1) is 36.8. The molecule has 0 atom stereocenters. The Labute approximate surface area is 375 Å². The van der Waals surface area contributed by atoms with Crippen LogP contribution in [0.1, 0.15) is 0 Å². The molecule has 5 heteroatoms. The van der Waals surface area contributed by atoms with Crippen molar-refractivity contribution in [1.29, 1.82) is 0 Å². The summed E-state index contributed by atoms with van der Waals surface area (Å²) in [6.45, 7) is 0. The second-order valence-corrected chi connectivity index (χ2v) is 21.5. The number of hydrogen-bond acceptors (Lipinski definition) is 2. The molecule has 300 valence electrons. The molecule has 0 fully saturated rings. The van der Waals surface area contributed by atoms with Crippen LogP contribution in [0.4, 0.5) is 0 Å². The van der Waals surface area contributed by atoms with Crippen molar-refractivity contribution in [3.05, 3.63) is 237 Å². The molecule has 3 nitrogen and oxygen atoms in total. The average Bonchev–Trinajstić information content (AvgIpc) is 4.02. The van der Waals surface area contributed by atoms with Crippen LogP contribution in [0.5, 0.6) is 0 Å². The molecular weight excluding hydrogens is 811 g/mol. The molecule has 0 unspecified atom stereocenters. The van der Waals surface area contributed by atoms with Gasteiger partial charge in [-0.2, -0.15) is 0 Å². The molecule has 0 bridgehead atoms. The predicted molar refractivity (Wildman–Crippen MR) is 275 cm³/mol. The van der Waals surface area contributed by atoms with E-state index in [-0.39, 0.29) is 0 Å². The van der Waals surface area contributed by atoms with Crippen LogP contribution < -0.4 is 20.7 Å². The van der Waals surface area contributed by atoms with E-state index in [1.54, 1.807) is 0 Å². The largest absolute Gasteiger partial charge is 0.309 e. The second kappa shape index (κ2) is 14.6. The first-order valence-corrected chi connectivity index (χ1v) is 24.7. The van der Waals surface area contributed by atoms with Gasteiger partial charge in [-0.15, -0.1) is 11.3 Å². The summed E-state index contributed by atoms with van der Waals surface area (Å²) in [4.78, 5) is 5.28. The Morgan fingerprint density at radius 3 is 1.56 bits per heavy atom. The summed E-state index contributed by atoms with van der Waals surface area (Å²) >= 11 is 1.92. The van der Waals surface area contributed by atoms with Crippen LogP contribution >= 0.6 is 11.3 Å². The molecule has 0 saturated carbocycles. The Kier molecular flexibility index (Phi) is 8.41. The van der Waals surface area contributed by atoms with Gasteiger partial charge in [-0.25, -0.2) is 4.98 Å². The summed E-state index contributed by atoms with van der Waals surface area (Å²) in [5, 5.41) is 12.8. The number of benzene rings is 9. The number of nitrogens with zero attached hydrogens (tertiary/aromatic N) is 3. The highest BCUT2D eigenvalue weighted by atomic mass is 32.1. The Morgan fingerprint density at radius 2 is 0.891 bits per heavy atom. The highest BCUT2D eigenvalue weighted by Crippen LogP contribution is 2.40. The average molecular weight is 850 g/mol. The minimum atomic E-state index is -2.99. The van der Waals surface area contributed by atoms with E-state index in [4.69, 9.17) is 4.98 Å². The number of rotatable bonds is 7. The first-order chi connectivity index (χ1) is 31.8. The summed E-state index contributed by atoms with van der Waals surface area (Å²) in [5.74, 6) is 0.913. The summed E-state index contributed by atoms with van der Waals surface area (Å²) in [7, 11) is -2.99. The molecule has 0 N–H and O–H groups in total. The second-order valence-electron chi connectivity index (χ2n) is 16.7. The normalized spacial score (nSPS) is 12.1. The molecule has 0 saturated heterocycles. The van der Waals surface area contributed by atoms with Gasteiger partial charge in [0.2, 0.25) is 0 Å². The Hall–Kier alpha value is -7.83. The monoisotopic (exact) mass is 849 g/mol. The maximum Gasteiger partial charge on any atom is 0.181 e. The van der Waals surface area contributed by atoms with E-state index < -0.39 is 8.07 Å². The zero-order chi connectivity index (χ0) is 42.2. The molecule has 0 amide bonds. The number of para-hydroxylation sites is 2. The smallest absolute Gasteiger partial charge is 0.181 e. The van der Waals surface area contributed by atoms with E-state index in [0.29, 0.717) is 0 Å². The maximum absolute atomic E-state index is 5.28. The van der Waals surface area contributed by atoms with Gasteiger partial charge in [0.05, 0.1) is 22.1 Å². The number of pyridine rings is 1. The van der Waals surface area contributed by atoms with Crippen molar-refractivity contribution in [3.8, 4) is 22.6 Å². The minimum absolute atomic E-state index is 0.913. The SMILES string of the molecule is c1ccc(-c2ccc(-n3c4ccccc4c4cc5c(cc43)c3ccccc3n5-c3cc([Si](c4ccccc4)(c4ccccc4)c4cccc5c4sc4ccccc45)ccn3)cc2)cc1. The fraction of sp³-hybridized carbons (Fsp3) is 0. The molecule has 9 aromatic carbocycles. The van der Waals surface area contributed by atoms with Gasteiger partial charge in [0.15, 0.2) is 8.07 Å². The van der Waals surface area contributed by atoms with E-state index in [1.807, 2.05) is 17.5 Å². The summed E-state index contributed by atoms with van der Waals surface area (Å²) in [6.07, 6.45) is 2.05. The van der Waals surface area contributed by atoms with Crippen LogP contribution in [0.15, 0.2) is 237 Å². The van der Waals surface area contributed by atoms with Crippen LogP contribution in [-0.2, 0) is 0 Å². The van der Waals surface area contributed by atoms with Gasteiger partial charge < -0.3 is 4.57 Å². The zero-order valence-corrected chi connectivity index (χ0v) is 36.6. The van der Waals surface area contributed by atoms with Gasteiger partial charge in [-0.1, -0.05) is 176 Å². The maximum atomic E-state index is 5.28. The van der Waals surface area contributed by atoms with Gasteiger partial charge in [0.1, 0.15) is 5.82 Å². The van der Waals surface area contributed by atoms with Crippen molar-refractivity contribution >= 4 is 104 Å². The molecular formula is C59H39N3SSi. The van der Waals surface area contributed by atoms with E-state index >= 15 is 0 Å². The Balaban J connectivity index is 1.08. The molecule has 64 heavy (non-hydrogen) atoms. The molecule has 0 aliphatic heterocycles. The summed E-state index contributed by atoms with van der Waals surface area (Å²) in [5.41, 5.74) is 8.20. The van der Waals surface area contributed by atoms with E-state index in [2.05, 4.69) is 240 Å². The standard InChI is InChI=1S/C59H39N3SSi/c1-4-17-40(18-5-1)41-31-33-42(34-32-41)61-52-27-13-10-23-46(52)50-39-55-51(38-54(50)61)47-24-11-14-28-53(47)62(55)58-37-45(35-36-60-58)64(43-19-6-2-7-20-43,44-21-8-3-9-22-44)57-30-16-26-49-48-25-12-15-29-56(48)63-59(49)57/h1-39H. The topological polar surface area (TPSA) is 22.8 Å². The molecule has 0 aliphatic carbocycles. The van der Waals surface area contributed by atoms with E-state index in [1.165, 1.54) is 84.6 Å². The van der Waals surface area contributed by atoms with Crippen LogP contribution in [0.25, 0.3) is 86.4 Å². The predicted octanol–water partition coefficient (Wildman–Crippen LogP) is 12.7. The van der Waals surface area contributed by atoms with Crippen molar-refractivity contribution < 1.29 is 0 Å². The Bertz CT molecular complexity index is 3850. The fourth-order valence-corrected chi connectivity index (χ4v) is 17.1. The highest BCUT2D eigenvalue weighted by Gasteiger charge is 2.43. The third-order valence-corrected chi connectivity index (χ3v) is 19.5. The summed E-state index contributed by atoms with van der Waals surface area (Å²) in [6, 6.07) is 85.1. The molecule has 13 aromatic rings. The van der Waals surface area contributed by atoms with Crippen LogP contribution in [0, 0.1) is 0 Å². The minimum Gasteiger partial charge on any atom is -0.309 e. The molecule has 0 spiro atoms. The van der Waals surface area contributed by atoms with Crippen LogP contribution in [0.2, 0.25) is 0 Å². The lowest BCUT2D eigenvalue weighted by Crippen LogP contribution is -2.74. The molecule has 13 rings (SSSR count). The molecule has 0 radical (unpaired) electrons. The number of hydrogen-bond donors (Lipinski definition) is 0. The van der Waals surface area contributed by atoms with Crippen molar-refractivity contribution in [2.24, 2.45) is 0 Å². The number of aromatic nitrogens is 3. The van der Waals surface area contributed by atoms with Crippen LogP contribution in [-0.4, -0.2) is 22.2 Å². The van der Waals surface area contributed by atoms with E-state index in [0.717, 1.165) is 22.5 Å². The van der Waals surface area contributed by atoms with Gasteiger partial charge in [0, 0.05) is 53.6 Å². The summed E-state index contributed by atoms with van der Waals surface area (Å²) < 4.78 is 7.50. The quantitative estimate of drug-likeness (QED) is 0.116. The van der Waals surface area contributed by atoms with Crippen molar-refractivity contribution in [2.75, 3.05) is 0 Å². The lowest BCUT2D eigenvalue weighted by Gasteiger charge is -2.35. The van der Waals surface area contributed by atoms with Gasteiger partial charge in [-0.3, -0.25) is 4.57 Å². The van der Waals surface area contributed by atoms with Gasteiger partial charge >= 0.3 is 0 Å². The van der Waals surface area contributed by atoms with Crippen molar-refractivity contribution in [3.63, 3.8) is 0 Å². The van der Waals surface area contributed by atoms with Gasteiger partial charge in [0.25, 0.3) is 0 Å². The number of fused-ring (bicyclic) bond motifs is 9. The third kappa shape index (κ3) is 5.48. The lowest BCUT2D eigenvalue weighted by atomic mass is 10.1. The highest BCUT2D eigenvalue weighted by molar-refractivity contribution is 7.30. The zero-order valence-electron chi connectivity index (χ0n) is 34.8. The van der Waals surface area contributed by atoms with Gasteiger partial charge in [-0.05, 0) is 86.5 Å². The van der Waals surface area contributed by atoms with Crippen molar-refractivity contribution in [2.45, 2.75) is 0 Å². The third-order valence-electron chi connectivity index (χ3n) is 13.3. The van der Waals surface area contributed by atoms with E-state index in [9.17, 15) is 0 Å². The molecule has 0 aliphatic rings. The Morgan fingerprint density at radius 1 is 0.359 bits per heavy atom. The molecule has 4 heterocycles. The number of thiophene rings is 1. The first-order valence-electron chi connectivity index (χ1n) is 21.9.